The Morgan fingerprint density at radius 1 is 1.35 bits per heavy atom. The average molecular weight is 338 g/mol. The Morgan fingerprint density at radius 3 is 2.78 bits per heavy atom. The van der Waals surface area contributed by atoms with E-state index in [2.05, 4.69) is 16.0 Å². The third kappa shape index (κ3) is 4.30. The molecule has 2 atom stereocenters. The lowest BCUT2D eigenvalue weighted by Gasteiger charge is -2.29. The van der Waals surface area contributed by atoms with Crippen LogP contribution in [0.4, 0.5) is 5.69 Å². The second-order valence-electron chi connectivity index (χ2n) is 6.40. The number of methoxy groups -OCH3 is 1. The van der Waals surface area contributed by atoms with E-state index in [1.807, 2.05) is 12.1 Å². The monoisotopic (exact) mass is 337 g/mol. The van der Waals surface area contributed by atoms with Crippen molar-refractivity contribution in [1.82, 2.24) is 10.6 Å². The molecule has 2 saturated heterocycles. The normalized spacial score (nSPS) is 25.9. The minimum atomic E-state index is 0.102. The number of hydrogen-bond donors (Lipinski definition) is 3. The van der Waals surface area contributed by atoms with E-state index < -0.39 is 0 Å². The average Bonchev–Trinajstić information content (AvgIpc) is 2.86. The number of fused-ring (bicyclic) bond motifs is 2. The van der Waals surface area contributed by atoms with Gasteiger partial charge in [-0.15, -0.1) is 0 Å². The summed E-state index contributed by atoms with van der Waals surface area (Å²) in [6, 6.07) is 6.91. The number of amides is 1. The quantitative estimate of drug-likeness (QED) is 0.746. The van der Waals surface area contributed by atoms with Crippen molar-refractivity contribution in [2.75, 3.05) is 19.0 Å². The summed E-state index contributed by atoms with van der Waals surface area (Å²) in [5.41, 5.74) is 0.813. The molecule has 5 nitrogen and oxygen atoms in total. The van der Waals surface area contributed by atoms with Gasteiger partial charge in [-0.3, -0.25) is 4.79 Å². The van der Waals surface area contributed by atoms with E-state index >= 15 is 0 Å². The Morgan fingerprint density at radius 2 is 2.09 bits per heavy atom. The van der Waals surface area contributed by atoms with Gasteiger partial charge in [0.15, 0.2) is 0 Å². The van der Waals surface area contributed by atoms with Gasteiger partial charge in [-0.05, 0) is 43.9 Å². The zero-order chi connectivity index (χ0) is 16.2. The summed E-state index contributed by atoms with van der Waals surface area (Å²) >= 11 is 6.00. The van der Waals surface area contributed by atoms with Crippen LogP contribution in [0.2, 0.25) is 5.02 Å². The molecule has 2 aliphatic heterocycles. The lowest BCUT2D eigenvalue weighted by molar-refractivity contribution is -0.121. The van der Waals surface area contributed by atoms with Crippen LogP contribution >= 0.6 is 11.6 Å². The highest BCUT2D eigenvalue weighted by Crippen LogP contribution is 2.28. The van der Waals surface area contributed by atoms with Crippen LogP contribution < -0.4 is 20.7 Å². The van der Waals surface area contributed by atoms with Gasteiger partial charge in [-0.25, -0.2) is 0 Å². The van der Waals surface area contributed by atoms with E-state index in [0.717, 1.165) is 24.3 Å². The molecule has 2 heterocycles. The smallest absolute Gasteiger partial charge is 0.221 e. The predicted molar refractivity (Wildman–Crippen MR) is 92.2 cm³/mol. The van der Waals surface area contributed by atoms with Crippen LogP contribution in [0.5, 0.6) is 5.75 Å². The number of halogens is 1. The summed E-state index contributed by atoms with van der Waals surface area (Å²) in [6.07, 6.45) is 5.03. The highest BCUT2D eigenvalue weighted by molar-refractivity contribution is 6.30. The van der Waals surface area contributed by atoms with Gasteiger partial charge in [0.05, 0.1) is 12.8 Å². The topological polar surface area (TPSA) is 62.4 Å². The molecule has 0 aromatic heterocycles. The van der Waals surface area contributed by atoms with Gasteiger partial charge in [-0.2, -0.15) is 0 Å². The third-order valence-corrected chi connectivity index (χ3v) is 4.90. The Labute approximate surface area is 142 Å². The number of rotatable bonds is 6. The van der Waals surface area contributed by atoms with Gasteiger partial charge in [0, 0.05) is 36.1 Å². The summed E-state index contributed by atoms with van der Waals surface area (Å²) in [7, 11) is 1.62. The van der Waals surface area contributed by atoms with Crippen molar-refractivity contribution in [3.8, 4) is 5.75 Å². The van der Waals surface area contributed by atoms with E-state index in [9.17, 15) is 4.79 Å². The van der Waals surface area contributed by atoms with E-state index in [1.54, 1.807) is 13.2 Å². The molecule has 1 aromatic rings. The van der Waals surface area contributed by atoms with E-state index in [4.69, 9.17) is 16.3 Å². The van der Waals surface area contributed by atoms with Crippen molar-refractivity contribution in [3.63, 3.8) is 0 Å². The van der Waals surface area contributed by atoms with Gasteiger partial charge in [0.2, 0.25) is 5.91 Å². The number of piperidine rings is 1. The Hall–Kier alpha value is -1.46. The van der Waals surface area contributed by atoms with E-state index in [0.29, 0.717) is 36.1 Å². The molecule has 0 radical (unpaired) electrons. The Kier molecular flexibility index (Phi) is 5.28. The highest BCUT2D eigenvalue weighted by Gasteiger charge is 2.33. The van der Waals surface area contributed by atoms with Gasteiger partial charge >= 0.3 is 0 Å². The maximum atomic E-state index is 12.1. The third-order valence-electron chi connectivity index (χ3n) is 4.67. The van der Waals surface area contributed by atoms with Crippen LogP contribution in [0.25, 0.3) is 0 Å². The summed E-state index contributed by atoms with van der Waals surface area (Å²) in [4.78, 5) is 12.1. The molecule has 3 N–H and O–H groups in total. The molecule has 0 spiro atoms. The first-order chi connectivity index (χ1) is 11.1. The summed E-state index contributed by atoms with van der Waals surface area (Å²) in [5.74, 6) is 0.828. The number of hydrogen-bond acceptors (Lipinski definition) is 4. The molecular weight excluding hydrogens is 314 g/mol. The molecule has 0 aliphatic carbocycles. The molecule has 126 valence electrons. The van der Waals surface area contributed by atoms with Crippen molar-refractivity contribution in [3.05, 3.63) is 23.2 Å². The van der Waals surface area contributed by atoms with Crippen molar-refractivity contribution in [1.29, 1.82) is 0 Å². The molecule has 2 unspecified atom stereocenters. The molecule has 1 aromatic carbocycles. The highest BCUT2D eigenvalue weighted by atomic mass is 35.5. The first-order valence-electron chi connectivity index (χ1n) is 8.27. The van der Waals surface area contributed by atoms with Crippen LogP contribution in [-0.4, -0.2) is 37.7 Å². The standard InChI is InChI=1S/C17H24ClN3O2/c1-23-16-5-2-11(18)8-15(16)19-7-6-17(22)21-14-9-12-3-4-13(10-14)20-12/h2,5,8,12-14,19-20H,3-4,6-7,9-10H2,1H3,(H,21,22). The van der Waals surface area contributed by atoms with E-state index in [1.165, 1.54) is 12.8 Å². The number of anilines is 1. The number of carbonyl (C=O) groups excluding carboxylic acids is 1. The molecule has 0 saturated carbocycles. The fourth-order valence-electron chi connectivity index (χ4n) is 3.60. The molecule has 1 amide bonds. The minimum Gasteiger partial charge on any atom is -0.495 e. The number of nitrogens with one attached hydrogen (secondary N) is 3. The number of carbonyl (C=O) groups is 1. The fourth-order valence-corrected chi connectivity index (χ4v) is 3.78. The minimum absolute atomic E-state index is 0.102. The predicted octanol–water partition coefficient (Wildman–Crippen LogP) is 2.55. The number of ether oxygens (including phenoxy) is 1. The van der Waals surface area contributed by atoms with Crippen molar-refractivity contribution in [2.24, 2.45) is 0 Å². The van der Waals surface area contributed by atoms with Crippen LogP contribution in [0.1, 0.15) is 32.1 Å². The lowest BCUT2D eigenvalue weighted by Crippen LogP contribution is -2.48. The molecular formula is C17H24ClN3O2. The molecule has 2 bridgehead atoms. The molecule has 2 fully saturated rings. The molecule has 23 heavy (non-hydrogen) atoms. The maximum absolute atomic E-state index is 12.1. The zero-order valence-electron chi connectivity index (χ0n) is 13.4. The second-order valence-corrected chi connectivity index (χ2v) is 6.83. The summed E-state index contributed by atoms with van der Waals surface area (Å²) < 4.78 is 5.28. The van der Waals surface area contributed by atoms with Crippen molar-refractivity contribution >= 4 is 23.2 Å². The molecule has 2 aliphatic rings. The van der Waals surface area contributed by atoms with Crippen LogP contribution in [-0.2, 0) is 4.79 Å². The van der Waals surface area contributed by atoms with Gasteiger partial charge < -0.3 is 20.7 Å². The largest absolute Gasteiger partial charge is 0.495 e. The SMILES string of the molecule is COc1ccc(Cl)cc1NCCC(=O)NC1CC2CCC(C1)N2. The van der Waals surface area contributed by atoms with Gasteiger partial charge in [0.25, 0.3) is 0 Å². The van der Waals surface area contributed by atoms with Crippen LogP contribution in [0.15, 0.2) is 18.2 Å². The Bertz CT molecular complexity index is 555. The van der Waals surface area contributed by atoms with Crippen LogP contribution in [0.3, 0.4) is 0 Å². The zero-order valence-corrected chi connectivity index (χ0v) is 14.2. The first kappa shape index (κ1) is 16.4. The first-order valence-corrected chi connectivity index (χ1v) is 8.64. The van der Waals surface area contributed by atoms with Gasteiger partial charge in [-0.1, -0.05) is 11.6 Å². The summed E-state index contributed by atoms with van der Waals surface area (Å²) in [6.45, 7) is 0.556. The van der Waals surface area contributed by atoms with Crippen LogP contribution in [0, 0.1) is 0 Å². The fraction of sp³-hybridized carbons (Fsp3) is 0.588. The maximum Gasteiger partial charge on any atom is 0.221 e. The van der Waals surface area contributed by atoms with Gasteiger partial charge in [0.1, 0.15) is 5.75 Å². The molecule has 3 rings (SSSR count). The number of benzene rings is 1. The molecule has 6 heteroatoms. The second kappa shape index (κ2) is 7.41. The van der Waals surface area contributed by atoms with Crippen molar-refractivity contribution < 1.29 is 9.53 Å². The van der Waals surface area contributed by atoms with E-state index in [-0.39, 0.29) is 5.91 Å². The summed E-state index contributed by atoms with van der Waals surface area (Å²) in [5, 5.41) is 10.6. The lowest BCUT2D eigenvalue weighted by atomic mass is 10.00. The van der Waals surface area contributed by atoms with Crippen molar-refractivity contribution in [2.45, 2.75) is 50.2 Å². The Balaban J connectivity index is 1.43.